The number of halogens is 6. The minimum absolute atomic E-state index is 0.0205. The number of rotatable bonds is 3. The van der Waals surface area contributed by atoms with Crippen molar-refractivity contribution in [2.75, 3.05) is 0 Å². The van der Waals surface area contributed by atoms with Gasteiger partial charge in [0.2, 0.25) is 5.91 Å². The molecule has 3 rings (SSSR count). The van der Waals surface area contributed by atoms with Crippen molar-refractivity contribution >= 4 is 5.91 Å². The molecule has 27 heavy (non-hydrogen) atoms. The van der Waals surface area contributed by atoms with Gasteiger partial charge in [-0.15, -0.1) is 0 Å². The summed E-state index contributed by atoms with van der Waals surface area (Å²) in [5.41, 5.74) is 3.84. The number of fused-ring (bicyclic) bond motifs is 1. The Kier molecular flexibility index (Phi) is 4.62. The molecule has 0 aliphatic carbocycles. The van der Waals surface area contributed by atoms with E-state index in [4.69, 9.17) is 5.73 Å². The molecule has 1 aromatic heterocycles. The molecule has 0 fully saturated rings. The summed E-state index contributed by atoms with van der Waals surface area (Å²) in [7, 11) is 0. The number of benzene rings is 1. The van der Waals surface area contributed by atoms with Crippen LogP contribution < -0.4 is 11.1 Å². The lowest BCUT2D eigenvalue weighted by Gasteiger charge is -2.27. The summed E-state index contributed by atoms with van der Waals surface area (Å²) >= 11 is 0. The number of primary amides is 1. The molecule has 1 amide bonds. The lowest BCUT2D eigenvalue weighted by Crippen LogP contribution is -2.33. The van der Waals surface area contributed by atoms with Gasteiger partial charge in [0.15, 0.2) is 0 Å². The van der Waals surface area contributed by atoms with Gasteiger partial charge in [-0.2, -0.15) is 26.3 Å². The Bertz CT molecular complexity index is 878. The summed E-state index contributed by atoms with van der Waals surface area (Å²) in [6.07, 6.45) is -9.71. The van der Waals surface area contributed by atoms with E-state index >= 15 is 0 Å². The predicted molar refractivity (Wildman–Crippen MR) is 82.6 cm³/mol. The number of carbonyl (C=O) groups is 1. The Morgan fingerprint density at radius 1 is 1.15 bits per heavy atom. The van der Waals surface area contributed by atoms with Crippen LogP contribution in [-0.2, 0) is 12.7 Å². The van der Waals surface area contributed by atoms with Gasteiger partial charge >= 0.3 is 12.4 Å². The third-order valence-electron chi connectivity index (χ3n) is 4.34. The Morgan fingerprint density at radius 2 is 1.85 bits per heavy atom. The van der Waals surface area contributed by atoms with Gasteiger partial charge in [-0.05, 0) is 35.4 Å². The van der Waals surface area contributed by atoms with Gasteiger partial charge in [0.1, 0.15) is 11.6 Å². The Morgan fingerprint density at radius 3 is 2.44 bits per heavy atom. The molecule has 1 unspecified atom stereocenters. The van der Waals surface area contributed by atoms with E-state index in [1.165, 1.54) is 18.2 Å². The second-order valence-corrected chi connectivity index (χ2v) is 6.10. The topological polar surface area (TPSA) is 68.0 Å². The molecule has 2 aromatic rings. The van der Waals surface area contributed by atoms with Crippen molar-refractivity contribution in [3.05, 3.63) is 64.5 Å². The van der Waals surface area contributed by atoms with Crippen LogP contribution in [0, 0.1) is 0 Å². The number of nitrogens with two attached hydrogens (primary N) is 1. The average Bonchev–Trinajstić information content (AvgIpc) is 2.96. The Hall–Kier alpha value is -2.62. The maximum Gasteiger partial charge on any atom is 0.433 e. The van der Waals surface area contributed by atoms with E-state index in [9.17, 15) is 31.1 Å². The van der Waals surface area contributed by atoms with Crippen LogP contribution in [0.2, 0.25) is 0 Å². The van der Waals surface area contributed by atoms with Crippen LogP contribution in [0.25, 0.3) is 0 Å². The van der Waals surface area contributed by atoms with Crippen LogP contribution >= 0.6 is 0 Å². The molecule has 10 heteroatoms. The first-order chi connectivity index (χ1) is 12.5. The molecule has 0 saturated heterocycles. The third kappa shape index (κ3) is 3.75. The number of aromatic nitrogens is 1. The van der Waals surface area contributed by atoms with E-state index in [1.54, 1.807) is 0 Å². The van der Waals surface area contributed by atoms with Crippen molar-refractivity contribution in [3.63, 3.8) is 0 Å². The zero-order valence-electron chi connectivity index (χ0n) is 13.5. The van der Waals surface area contributed by atoms with Gasteiger partial charge in [-0.1, -0.05) is 12.1 Å². The van der Waals surface area contributed by atoms with Crippen molar-refractivity contribution in [1.29, 1.82) is 0 Å². The molecule has 0 bridgehead atoms. The van der Waals surface area contributed by atoms with Crippen molar-refractivity contribution in [2.45, 2.75) is 30.9 Å². The molecular weight excluding hydrogens is 376 g/mol. The molecule has 3 N–H and O–H groups in total. The predicted octanol–water partition coefficient (Wildman–Crippen LogP) is 3.69. The highest BCUT2D eigenvalue weighted by Gasteiger charge is 2.49. The Balaban J connectivity index is 2.06. The van der Waals surface area contributed by atoms with Crippen LogP contribution in [0.3, 0.4) is 0 Å². The van der Waals surface area contributed by atoms with E-state index in [0.717, 1.165) is 12.1 Å². The van der Waals surface area contributed by atoms with Crippen LogP contribution in [0.1, 0.15) is 44.8 Å². The first-order valence-corrected chi connectivity index (χ1v) is 7.75. The van der Waals surface area contributed by atoms with Gasteiger partial charge in [0, 0.05) is 18.2 Å². The van der Waals surface area contributed by atoms with Crippen LogP contribution in [0.15, 0.2) is 36.4 Å². The summed E-state index contributed by atoms with van der Waals surface area (Å²) in [5, 5.41) is 2.66. The monoisotopic (exact) mass is 389 g/mol. The number of pyridine rings is 1. The van der Waals surface area contributed by atoms with E-state index in [-0.39, 0.29) is 17.7 Å². The van der Waals surface area contributed by atoms with Crippen LogP contribution in [-0.4, -0.2) is 17.1 Å². The lowest BCUT2D eigenvalue weighted by molar-refractivity contribution is -0.159. The molecule has 144 valence electrons. The molecule has 0 radical (unpaired) electrons. The van der Waals surface area contributed by atoms with Crippen molar-refractivity contribution in [2.24, 2.45) is 5.73 Å². The molecular formula is C17H13F6N3O. The van der Waals surface area contributed by atoms with Gasteiger partial charge in [0.05, 0.1) is 5.69 Å². The number of hydrogen-bond acceptors (Lipinski definition) is 3. The molecule has 1 aliphatic heterocycles. The molecule has 2 heterocycles. The first-order valence-electron chi connectivity index (χ1n) is 7.75. The van der Waals surface area contributed by atoms with Crippen molar-refractivity contribution < 1.29 is 31.1 Å². The summed E-state index contributed by atoms with van der Waals surface area (Å²) in [6, 6.07) is 5.09. The standard InChI is InChI=1S/C17H13F6N3O/c18-16(19,20)12-3-1-2-11(26-12)13(17(21,22)23)14-10-5-4-8(15(24)27)6-9(10)7-25-14/h1-6,13-14,25H,7H2,(H2,24,27)/t13-,14?/m0/s1. The number of nitrogens with zero attached hydrogens (tertiary/aromatic N) is 1. The largest absolute Gasteiger partial charge is 0.433 e. The van der Waals surface area contributed by atoms with E-state index in [1.807, 2.05) is 0 Å². The van der Waals surface area contributed by atoms with Gasteiger partial charge < -0.3 is 11.1 Å². The van der Waals surface area contributed by atoms with E-state index in [2.05, 4.69) is 10.3 Å². The lowest BCUT2D eigenvalue weighted by atomic mass is 9.89. The maximum atomic E-state index is 13.8. The fraction of sp³-hybridized carbons (Fsp3) is 0.294. The summed E-state index contributed by atoms with van der Waals surface area (Å²) < 4.78 is 79.8. The number of carbonyl (C=O) groups excluding carboxylic acids is 1. The minimum atomic E-state index is -4.86. The maximum absolute atomic E-state index is 13.8. The second kappa shape index (κ2) is 6.52. The zero-order valence-corrected chi connectivity index (χ0v) is 13.5. The summed E-state index contributed by atoms with van der Waals surface area (Å²) in [6.45, 7) is 0.0205. The number of amides is 1. The van der Waals surface area contributed by atoms with Gasteiger partial charge in [0.25, 0.3) is 0 Å². The highest BCUT2D eigenvalue weighted by Crippen LogP contribution is 2.46. The molecule has 2 atom stereocenters. The average molecular weight is 389 g/mol. The first kappa shape index (κ1) is 19.2. The number of alkyl halides is 6. The van der Waals surface area contributed by atoms with Crippen LogP contribution in [0.5, 0.6) is 0 Å². The van der Waals surface area contributed by atoms with Gasteiger partial charge in [-0.25, -0.2) is 4.98 Å². The normalized spacial score (nSPS) is 18.2. The fourth-order valence-electron chi connectivity index (χ4n) is 3.15. The molecule has 4 nitrogen and oxygen atoms in total. The SMILES string of the molecule is NC(=O)c1ccc2c(c1)CNC2[C@H](c1cccc(C(F)(F)F)n1)C(F)(F)F. The van der Waals surface area contributed by atoms with E-state index < -0.39 is 41.6 Å². The Labute approximate surface area is 149 Å². The fourth-order valence-corrected chi connectivity index (χ4v) is 3.15. The molecule has 1 aromatic carbocycles. The quantitative estimate of drug-likeness (QED) is 0.787. The zero-order chi connectivity index (χ0) is 20.0. The third-order valence-corrected chi connectivity index (χ3v) is 4.34. The molecule has 0 saturated carbocycles. The summed E-state index contributed by atoms with van der Waals surface area (Å²) in [5.74, 6) is -3.02. The smallest absolute Gasteiger partial charge is 0.366 e. The van der Waals surface area contributed by atoms with E-state index in [0.29, 0.717) is 11.6 Å². The second-order valence-electron chi connectivity index (χ2n) is 6.10. The highest BCUT2D eigenvalue weighted by atomic mass is 19.4. The molecule has 1 aliphatic rings. The van der Waals surface area contributed by atoms with Crippen LogP contribution in [0.4, 0.5) is 26.3 Å². The molecule has 0 spiro atoms. The van der Waals surface area contributed by atoms with Crippen molar-refractivity contribution in [3.8, 4) is 0 Å². The van der Waals surface area contributed by atoms with Crippen molar-refractivity contribution in [1.82, 2.24) is 10.3 Å². The number of hydrogen-bond donors (Lipinski definition) is 2. The highest BCUT2D eigenvalue weighted by molar-refractivity contribution is 5.93. The minimum Gasteiger partial charge on any atom is -0.366 e. The van der Waals surface area contributed by atoms with Gasteiger partial charge in [-0.3, -0.25) is 4.79 Å². The summed E-state index contributed by atoms with van der Waals surface area (Å²) in [4.78, 5) is 14.4. The number of nitrogens with one attached hydrogen (secondary N) is 1.